The quantitative estimate of drug-likeness (QED) is 0.504. The van der Waals surface area contributed by atoms with Crippen molar-refractivity contribution in [2.24, 2.45) is 5.41 Å². The minimum Gasteiger partial charge on any atom is -0.369 e. The normalized spacial score (nSPS) is 24.7. The molecule has 0 aliphatic carbocycles. The van der Waals surface area contributed by atoms with Gasteiger partial charge in [0.1, 0.15) is 11.4 Å². The molecule has 1 spiro atoms. The van der Waals surface area contributed by atoms with E-state index in [9.17, 15) is 14.4 Å². The number of nitrogens with one attached hydrogen (secondary N) is 2. The van der Waals surface area contributed by atoms with Crippen molar-refractivity contribution in [3.05, 3.63) is 35.8 Å². The van der Waals surface area contributed by atoms with Gasteiger partial charge in [-0.05, 0) is 45.7 Å². The number of hydrogen-bond donors (Lipinski definition) is 2. The molecule has 2 aromatic heterocycles. The molecule has 0 bridgehead atoms. The van der Waals surface area contributed by atoms with Crippen LogP contribution in [0.15, 0.2) is 29.2 Å². The van der Waals surface area contributed by atoms with Crippen LogP contribution in [0, 0.1) is 12.3 Å². The van der Waals surface area contributed by atoms with Crippen LogP contribution in [0.25, 0.3) is 22.4 Å². The molecule has 4 amide bonds. The third kappa shape index (κ3) is 2.87. The summed E-state index contributed by atoms with van der Waals surface area (Å²) in [5, 5.41) is 9.63. The molecular weight excluding hydrogens is 452 g/mol. The minimum atomic E-state index is -1.57. The maximum Gasteiger partial charge on any atom is 0.328 e. The zero-order valence-corrected chi connectivity index (χ0v) is 19.7. The second kappa shape index (κ2) is 7.08. The molecule has 11 nitrogen and oxygen atoms in total. The lowest BCUT2D eigenvalue weighted by Gasteiger charge is -2.59. The van der Waals surface area contributed by atoms with Crippen LogP contribution in [-0.4, -0.2) is 57.3 Å². The SMILES string of the molecule is Cc1c2c(cc3c(-c4cnccn4)noc13)CC1(C(=O)NC(=O)NC1=O)C1N2C[C@@H](C)OC1(C)C. The summed E-state index contributed by atoms with van der Waals surface area (Å²) in [4.78, 5) is 49.5. The zero-order valence-electron chi connectivity index (χ0n) is 19.7. The topological polar surface area (TPSA) is 140 Å². The van der Waals surface area contributed by atoms with E-state index in [1.54, 1.807) is 18.6 Å². The highest BCUT2D eigenvalue weighted by Crippen LogP contribution is 2.52. The van der Waals surface area contributed by atoms with E-state index in [0.717, 1.165) is 16.8 Å². The van der Waals surface area contributed by atoms with Crippen molar-refractivity contribution in [3.8, 4) is 11.4 Å². The van der Waals surface area contributed by atoms with Gasteiger partial charge in [-0.3, -0.25) is 30.2 Å². The lowest BCUT2D eigenvalue weighted by atomic mass is 9.63. The van der Waals surface area contributed by atoms with E-state index in [1.165, 1.54) is 0 Å². The first-order chi connectivity index (χ1) is 16.6. The molecule has 2 saturated heterocycles. The Balaban J connectivity index is 1.63. The van der Waals surface area contributed by atoms with Gasteiger partial charge in [0.15, 0.2) is 11.0 Å². The van der Waals surface area contributed by atoms with Gasteiger partial charge in [-0.2, -0.15) is 0 Å². The first-order valence-electron chi connectivity index (χ1n) is 11.4. The van der Waals surface area contributed by atoms with Crippen LogP contribution in [0.3, 0.4) is 0 Å². The monoisotopic (exact) mass is 476 g/mol. The molecule has 3 aliphatic heterocycles. The fourth-order valence-electron chi connectivity index (χ4n) is 6.26. The van der Waals surface area contributed by atoms with E-state index in [2.05, 4.69) is 30.7 Å². The van der Waals surface area contributed by atoms with Crippen LogP contribution in [0.4, 0.5) is 10.5 Å². The van der Waals surface area contributed by atoms with E-state index >= 15 is 0 Å². The Morgan fingerprint density at radius 1 is 1.14 bits per heavy atom. The van der Waals surface area contributed by atoms with E-state index < -0.39 is 34.9 Å². The Kier molecular flexibility index (Phi) is 4.38. The lowest BCUT2D eigenvalue weighted by molar-refractivity contribution is -0.165. The second-order valence-electron chi connectivity index (χ2n) is 9.98. The van der Waals surface area contributed by atoms with E-state index in [4.69, 9.17) is 9.26 Å². The summed E-state index contributed by atoms with van der Waals surface area (Å²) in [7, 11) is 0. The number of fused-ring (bicyclic) bond motifs is 5. The van der Waals surface area contributed by atoms with Crippen molar-refractivity contribution in [3.63, 3.8) is 0 Å². The fraction of sp³-hybridized carbons (Fsp3) is 0.417. The number of carbonyl (C=O) groups excluding carboxylic acids is 3. The number of aryl methyl sites for hydroxylation is 1. The molecule has 2 fully saturated rings. The number of urea groups is 1. The number of amides is 4. The minimum absolute atomic E-state index is 0.0808. The molecule has 5 heterocycles. The lowest BCUT2D eigenvalue weighted by Crippen LogP contribution is -2.77. The number of nitrogens with zero attached hydrogens (tertiary/aromatic N) is 4. The van der Waals surface area contributed by atoms with Crippen molar-refractivity contribution in [1.29, 1.82) is 0 Å². The summed E-state index contributed by atoms with van der Waals surface area (Å²) < 4.78 is 12.0. The molecule has 1 unspecified atom stereocenters. The van der Waals surface area contributed by atoms with Crippen molar-refractivity contribution < 1.29 is 23.6 Å². The van der Waals surface area contributed by atoms with Gasteiger partial charge in [-0.15, -0.1) is 0 Å². The third-order valence-electron chi connectivity index (χ3n) is 7.27. The number of morpholine rings is 1. The molecule has 180 valence electrons. The van der Waals surface area contributed by atoms with Crippen LogP contribution < -0.4 is 15.5 Å². The smallest absolute Gasteiger partial charge is 0.328 e. The summed E-state index contributed by atoms with van der Waals surface area (Å²) >= 11 is 0. The molecule has 11 heteroatoms. The molecule has 2 N–H and O–H groups in total. The number of anilines is 1. The fourth-order valence-corrected chi connectivity index (χ4v) is 6.26. The second-order valence-corrected chi connectivity index (χ2v) is 9.98. The standard InChI is InChI=1S/C24H24N6O5/c1-11-10-30-17-12(2)18-14(16(29-35-18)15-9-25-5-6-26-15)7-13(17)8-24(19(30)23(3,4)34-11)20(31)27-22(33)28-21(24)32/h5-7,9,11,19H,8,10H2,1-4H3,(H2,27,28,31,32,33)/t11-,19?/m1/s1. The maximum atomic E-state index is 13.5. The van der Waals surface area contributed by atoms with Crippen LogP contribution >= 0.6 is 0 Å². The summed E-state index contributed by atoms with van der Waals surface area (Å²) in [5.74, 6) is -1.26. The van der Waals surface area contributed by atoms with Crippen molar-refractivity contribution in [2.45, 2.75) is 51.9 Å². The third-order valence-corrected chi connectivity index (χ3v) is 7.27. The molecule has 0 radical (unpaired) electrons. The Labute approximate surface area is 200 Å². The average Bonchev–Trinajstić information content (AvgIpc) is 3.21. The first kappa shape index (κ1) is 21.7. The number of imide groups is 2. The predicted molar refractivity (Wildman–Crippen MR) is 123 cm³/mol. The van der Waals surface area contributed by atoms with Gasteiger partial charge in [0.25, 0.3) is 0 Å². The van der Waals surface area contributed by atoms with Crippen molar-refractivity contribution in [1.82, 2.24) is 25.8 Å². The van der Waals surface area contributed by atoms with Crippen LogP contribution in [0.5, 0.6) is 0 Å². The van der Waals surface area contributed by atoms with E-state index in [0.29, 0.717) is 28.9 Å². The number of barbiturate groups is 1. The van der Waals surface area contributed by atoms with Crippen LogP contribution in [-0.2, 0) is 20.7 Å². The number of aromatic nitrogens is 3. The summed E-state index contributed by atoms with van der Waals surface area (Å²) in [6.45, 7) is 8.10. The van der Waals surface area contributed by atoms with Gasteiger partial charge in [0, 0.05) is 30.2 Å². The van der Waals surface area contributed by atoms with Gasteiger partial charge in [-0.1, -0.05) is 5.16 Å². The Morgan fingerprint density at radius 3 is 2.57 bits per heavy atom. The van der Waals surface area contributed by atoms with Gasteiger partial charge in [0.2, 0.25) is 11.8 Å². The van der Waals surface area contributed by atoms with E-state index in [1.807, 2.05) is 33.8 Å². The Bertz CT molecular complexity index is 1390. The number of rotatable bonds is 1. The van der Waals surface area contributed by atoms with Crippen LogP contribution in [0.2, 0.25) is 0 Å². The van der Waals surface area contributed by atoms with Crippen molar-refractivity contribution in [2.75, 3.05) is 11.4 Å². The highest BCUT2D eigenvalue weighted by molar-refractivity contribution is 6.20. The number of carbonyl (C=O) groups is 3. The number of hydrogen-bond acceptors (Lipinski definition) is 9. The highest BCUT2D eigenvalue weighted by Gasteiger charge is 2.66. The average molecular weight is 476 g/mol. The number of benzene rings is 1. The summed E-state index contributed by atoms with van der Waals surface area (Å²) in [5.41, 5.74) is 1.74. The molecule has 0 saturated carbocycles. The summed E-state index contributed by atoms with van der Waals surface area (Å²) in [6.07, 6.45) is 4.67. The van der Waals surface area contributed by atoms with Crippen LogP contribution in [0.1, 0.15) is 31.9 Å². The summed E-state index contributed by atoms with van der Waals surface area (Å²) in [6, 6.07) is 0.423. The van der Waals surface area contributed by atoms with Gasteiger partial charge in [0.05, 0.1) is 29.3 Å². The van der Waals surface area contributed by atoms with Gasteiger partial charge >= 0.3 is 6.03 Å². The molecule has 6 rings (SSSR count). The molecular formula is C24H24N6O5. The largest absolute Gasteiger partial charge is 0.369 e. The molecule has 1 aromatic carbocycles. The van der Waals surface area contributed by atoms with E-state index in [-0.39, 0.29) is 12.5 Å². The molecule has 3 aliphatic rings. The first-order valence-corrected chi connectivity index (χ1v) is 11.4. The van der Waals surface area contributed by atoms with Crippen molar-refractivity contribution >= 4 is 34.5 Å². The van der Waals surface area contributed by atoms with Gasteiger partial charge in [-0.25, -0.2) is 4.79 Å². The predicted octanol–water partition coefficient (Wildman–Crippen LogP) is 1.87. The maximum absolute atomic E-state index is 13.5. The molecule has 3 aromatic rings. The molecule has 35 heavy (non-hydrogen) atoms. The zero-order chi connectivity index (χ0) is 24.7. The Hall–Kier alpha value is -3.86. The number of ether oxygens (including phenoxy) is 1. The molecule has 2 atom stereocenters. The van der Waals surface area contributed by atoms with Gasteiger partial charge < -0.3 is 14.2 Å². The Morgan fingerprint density at radius 2 is 1.89 bits per heavy atom. The highest BCUT2D eigenvalue weighted by atomic mass is 16.5.